The first kappa shape index (κ1) is 26.6. The van der Waals surface area contributed by atoms with E-state index in [1.54, 1.807) is 0 Å². The van der Waals surface area contributed by atoms with Crippen LogP contribution in [-0.4, -0.2) is 4.98 Å². The van der Waals surface area contributed by atoms with Crippen molar-refractivity contribution in [2.45, 2.75) is 19.3 Å². The molecule has 220 valence electrons. The summed E-state index contributed by atoms with van der Waals surface area (Å²) in [6.07, 6.45) is 0. The van der Waals surface area contributed by atoms with E-state index < -0.39 is 0 Å². The molecule has 0 spiro atoms. The molecule has 1 heterocycles. The second-order valence-corrected chi connectivity index (χ2v) is 12.8. The highest BCUT2D eigenvalue weighted by molar-refractivity contribution is 6.11. The minimum Gasteiger partial charge on any atom is -0.354 e. The predicted molar refractivity (Wildman–Crippen MR) is 195 cm³/mol. The van der Waals surface area contributed by atoms with Crippen molar-refractivity contribution in [1.29, 1.82) is 0 Å². The number of aromatic nitrogens is 1. The van der Waals surface area contributed by atoms with E-state index in [0.29, 0.717) is 0 Å². The number of hydrogen-bond acceptors (Lipinski definition) is 2. The summed E-state index contributed by atoms with van der Waals surface area (Å²) in [6.45, 7) is 4.71. The number of para-hydroxylation sites is 3. The SMILES string of the molecule is CC1(C)c2cc(Nc3cccc4c3[nH]c3ccccc34)ccc2-c2ccc(N(c3ccccc3)c3cccc4ccccc34)cc21. The molecule has 0 aliphatic heterocycles. The first-order chi connectivity index (χ1) is 22.6. The van der Waals surface area contributed by atoms with E-state index in [0.717, 1.165) is 33.8 Å². The number of hydrogen-bond donors (Lipinski definition) is 2. The van der Waals surface area contributed by atoms with E-state index in [2.05, 4.69) is 181 Å². The molecule has 0 amide bonds. The molecule has 0 bridgehead atoms. The maximum atomic E-state index is 3.75. The number of nitrogens with zero attached hydrogens (tertiary/aromatic N) is 1. The Morgan fingerprint density at radius 3 is 2.09 bits per heavy atom. The van der Waals surface area contributed by atoms with Crippen molar-refractivity contribution in [3.8, 4) is 11.1 Å². The summed E-state index contributed by atoms with van der Waals surface area (Å²) in [5.41, 5.74) is 13.0. The van der Waals surface area contributed by atoms with Crippen molar-refractivity contribution in [2.75, 3.05) is 10.2 Å². The van der Waals surface area contributed by atoms with Crippen LogP contribution in [0.2, 0.25) is 0 Å². The number of fused-ring (bicyclic) bond motifs is 7. The van der Waals surface area contributed by atoms with E-state index in [1.165, 1.54) is 49.5 Å². The second-order valence-electron chi connectivity index (χ2n) is 12.8. The summed E-state index contributed by atoms with van der Waals surface area (Å²) in [4.78, 5) is 6.04. The number of aromatic amines is 1. The van der Waals surface area contributed by atoms with Crippen LogP contribution in [0.1, 0.15) is 25.0 Å². The molecular weight excluding hydrogens is 558 g/mol. The molecule has 3 heteroatoms. The molecule has 1 aromatic heterocycles. The molecule has 0 saturated carbocycles. The summed E-state index contributed by atoms with van der Waals surface area (Å²) in [6, 6.07) is 54.8. The van der Waals surface area contributed by atoms with Crippen molar-refractivity contribution in [2.24, 2.45) is 0 Å². The van der Waals surface area contributed by atoms with Crippen molar-refractivity contribution in [1.82, 2.24) is 4.98 Å². The summed E-state index contributed by atoms with van der Waals surface area (Å²) in [7, 11) is 0. The highest BCUT2D eigenvalue weighted by Gasteiger charge is 2.36. The van der Waals surface area contributed by atoms with Crippen molar-refractivity contribution < 1.29 is 0 Å². The van der Waals surface area contributed by atoms with Crippen LogP contribution in [0.5, 0.6) is 0 Å². The monoisotopic (exact) mass is 591 g/mol. The highest BCUT2D eigenvalue weighted by atomic mass is 15.1. The van der Waals surface area contributed by atoms with E-state index in [-0.39, 0.29) is 5.41 Å². The van der Waals surface area contributed by atoms with Crippen LogP contribution in [0.15, 0.2) is 152 Å². The molecule has 7 aromatic carbocycles. The number of rotatable bonds is 5. The quantitative estimate of drug-likeness (QED) is 0.209. The fourth-order valence-corrected chi connectivity index (χ4v) is 7.48. The van der Waals surface area contributed by atoms with Crippen LogP contribution in [0.4, 0.5) is 28.4 Å². The molecule has 8 aromatic rings. The Bertz CT molecular complexity index is 2430. The molecule has 0 radical (unpaired) electrons. The predicted octanol–water partition coefficient (Wildman–Crippen LogP) is 12.0. The maximum Gasteiger partial charge on any atom is 0.0704 e. The first-order valence-electron chi connectivity index (χ1n) is 16.0. The molecule has 46 heavy (non-hydrogen) atoms. The third-order valence-corrected chi connectivity index (χ3v) is 9.76. The molecule has 1 aliphatic carbocycles. The standard InChI is InChI=1S/C43H33N3/c1-43(2)37-26-29(44-40-20-11-18-36-35-17-8-9-19-39(35)45-42(36)40)22-24-33(37)34-25-23-31(27-38(34)43)46(30-14-4-3-5-15-30)41-21-10-13-28-12-6-7-16-32(28)41/h3-27,44-45H,1-2H3. The van der Waals surface area contributed by atoms with Crippen molar-refractivity contribution >= 4 is 61.0 Å². The molecular formula is C43H33N3. The van der Waals surface area contributed by atoms with Gasteiger partial charge in [-0.25, -0.2) is 0 Å². The normalized spacial score (nSPS) is 13.2. The van der Waals surface area contributed by atoms with Gasteiger partial charge in [0.15, 0.2) is 0 Å². The van der Waals surface area contributed by atoms with Crippen LogP contribution in [0, 0.1) is 0 Å². The minimum absolute atomic E-state index is 0.174. The Kier molecular flexibility index (Phi) is 5.85. The molecule has 3 nitrogen and oxygen atoms in total. The minimum atomic E-state index is -0.174. The van der Waals surface area contributed by atoms with Gasteiger partial charge in [-0.15, -0.1) is 0 Å². The van der Waals surface area contributed by atoms with Gasteiger partial charge in [-0.1, -0.05) is 111 Å². The molecule has 0 saturated heterocycles. The van der Waals surface area contributed by atoms with Gasteiger partial charge in [0.1, 0.15) is 0 Å². The summed E-state index contributed by atoms with van der Waals surface area (Å²) in [5, 5.41) is 8.70. The van der Waals surface area contributed by atoms with Crippen LogP contribution >= 0.6 is 0 Å². The van der Waals surface area contributed by atoms with Gasteiger partial charge in [0.2, 0.25) is 0 Å². The van der Waals surface area contributed by atoms with Gasteiger partial charge in [0.05, 0.1) is 16.9 Å². The van der Waals surface area contributed by atoms with Gasteiger partial charge < -0.3 is 15.2 Å². The van der Waals surface area contributed by atoms with E-state index >= 15 is 0 Å². The lowest BCUT2D eigenvalue weighted by Crippen LogP contribution is -2.17. The second kappa shape index (κ2) is 10.1. The number of anilines is 5. The van der Waals surface area contributed by atoms with Crippen molar-refractivity contribution in [3.05, 3.63) is 163 Å². The average Bonchev–Trinajstić information content (AvgIpc) is 3.58. The average molecular weight is 592 g/mol. The van der Waals surface area contributed by atoms with Crippen LogP contribution < -0.4 is 10.2 Å². The van der Waals surface area contributed by atoms with Crippen molar-refractivity contribution in [3.63, 3.8) is 0 Å². The fraction of sp³-hybridized carbons (Fsp3) is 0.0698. The molecule has 0 unspecified atom stereocenters. The third kappa shape index (κ3) is 4.05. The zero-order valence-corrected chi connectivity index (χ0v) is 25.9. The van der Waals surface area contributed by atoms with E-state index in [1.807, 2.05) is 0 Å². The highest BCUT2D eigenvalue weighted by Crippen LogP contribution is 2.52. The summed E-state index contributed by atoms with van der Waals surface area (Å²) in [5.74, 6) is 0. The van der Waals surface area contributed by atoms with Gasteiger partial charge in [0, 0.05) is 44.2 Å². The Morgan fingerprint density at radius 2 is 1.22 bits per heavy atom. The van der Waals surface area contributed by atoms with Crippen LogP contribution in [0.3, 0.4) is 0 Å². The van der Waals surface area contributed by atoms with Crippen LogP contribution in [0.25, 0.3) is 43.7 Å². The molecule has 0 atom stereocenters. The smallest absolute Gasteiger partial charge is 0.0704 e. The lowest BCUT2D eigenvalue weighted by Gasteiger charge is -2.29. The molecule has 0 fully saturated rings. The zero-order valence-electron chi connectivity index (χ0n) is 25.9. The Morgan fingerprint density at radius 1 is 0.543 bits per heavy atom. The molecule has 2 N–H and O–H groups in total. The van der Waals surface area contributed by atoms with Gasteiger partial charge in [0.25, 0.3) is 0 Å². The van der Waals surface area contributed by atoms with Gasteiger partial charge in [-0.2, -0.15) is 0 Å². The fourth-order valence-electron chi connectivity index (χ4n) is 7.48. The zero-order chi connectivity index (χ0) is 30.8. The van der Waals surface area contributed by atoms with E-state index in [4.69, 9.17) is 0 Å². The van der Waals surface area contributed by atoms with Gasteiger partial charge >= 0.3 is 0 Å². The van der Waals surface area contributed by atoms with Crippen LogP contribution in [-0.2, 0) is 5.41 Å². The van der Waals surface area contributed by atoms with E-state index in [9.17, 15) is 0 Å². The number of nitrogens with one attached hydrogen (secondary N) is 2. The topological polar surface area (TPSA) is 31.1 Å². The number of H-pyrrole nitrogens is 1. The number of benzene rings is 7. The Hall–Kier alpha value is -5.80. The lowest BCUT2D eigenvalue weighted by atomic mass is 9.82. The third-order valence-electron chi connectivity index (χ3n) is 9.76. The Labute approximate surface area is 268 Å². The lowest BCUT2D eigenvalue weighted by molar-refractivity contribution is 0.660. The van der Waals surface area contributed by atoms with Gasteiger partial charge in [-0.05, 0) is 82.2 Å². The molecule has 9 rings (SSSR count). The largest absolute Gasteiger partial charge is 0.354 e. The molecule has 1 aliphatic rings. The first-order valence-corrected chi connectivity index (χ1v) is 16.0. The summed E-state index contributed by atoms with van der Waals surface area (Å²) >= 11 is 0. The maximum absolute atomic E-state index is 3.75. The Balaban J connectivity index is 1.13. The van der Waals surface area contributed by atoms with Gasteiger partial charge in [-0.3, -0.25) is 0 Å². The summed E-state index contributed by atoms with van der Waals surface area (Å²) < 4.78 is 0.